The van der Waals surface area contributed by atoms with E-state index in [-0.39, 0.29) is 9.92 Å². The highest BCUT2D eigenvalue weighted by Crippen LogP contribution is 2.38. The zero-order valence-corrected chi connectivity index (χ0v) is 20.5. The molecule has 13 heteroatoms. The second-order valence-corrected chi connectivity index (χ2v) is 10.0. The van der Waals surface area contributed by atoms with Crippen LogP contribution in [0.4, 0.5) is 18.9 Å². The molecule has 0 heterocycles. The van der Waals surface area contributed by atoms with Crippen molar-refractivity contribution in [3.05, 3.63) is 92.9 Å². The summed E-state index contributed by atoms with van der Waals surface area (Å²) >= 11 is 17.4. The van der Waals surface area contributed by atoms with Crippen LogP contribution in [0, 0.1) is 0 Å². The van der Waals surface area contributed by atoms with Crippen LogP contribution in [0.5, 0.6) is 0 Å². The molecule has 0 saturated carbocycles. The number of amides is 1. The minimum absolute atomic E-state index is 0.226. The molecular formula is C22H15Cl3F3N3O3S. The van der Waals surface area contributed by atoms with Gasteiger partial charge in [0.25, 0.3) is 15.9 Å². The normalized spacial score (nSPS) is 12.1. The highest BCUT2D eigenvalue weighted by atomic mass is 35.5. The molecule has 184 valence electrons. The van der Waals surface area contributed by atoms with Crippen molar-refractivity contribution in [2.75, 3.05) is 10.8 Å². The summed E-state index contributed by atoms with van der Waals surface area (Å²) in [6, 6.07) is 14.1. The van der Waals surface area contributed by atoms with Gasteiger partial charge in [-0.2, -0.15) is 18.3 Å². The largest absolute Gasteiger partial charge is 0.417 e. The molecule has 0 atom stereocenters. The second kappa shape index (κ2) is 10.9. The van der Waals surface area contributed by atoms with Crippen LogP contribution in [-0.2, 0) is 21.0 Å². The van der Waals surface area contributed by atoms with E-state index in [0.29, 0.717) is 21.0 Å². The van der Waals surface area contributed by atoms with Crippen LogP contribution in [0.3, 0.4) is 0 Å². The van der Waals surface area contributed by atoms with E-state index in [1.54, 1.807) is 12.1 Å². The summed E-state index contributed by atoms with van der Waals surface area (Å²) in [5, 5.41) is 3.69. The second-order valence-electron chi connectivity index (χ2n) is 6.95. The molecule has 0 aliphatic rings. The van der Waals surface area contributed by atoms with Crippen LogP contribution in [-0.4, -0.2) is 27.1 Å². The Morgan fingerprint density at radius 2 is 1.60 bits per heavy atom. The molecule has 35 heavy (non-hydrogen) atoms. The molecule has 0 unspecified atom stereocenters. The predicted molar refractivity (Wildman–Crippen MR) is 130 cm³/mol. The van der Waals surface area contributed by atoms with Crippen molar-refractivity contribution in [3.8, 4) is 0 Å². The monoisotopic (exact) mass is 563 g/mol. The molecule has 0 aliphatic heterocycles. The Balaban J connectivity index is 1.93. The van der Waals surface area contributed by atoms with E-state index in [9.17, 15) is 26.4 Å². The first-order valence-corrected chi connectivity index (χ1v) is 12.2. The van der Waals surface area contributed by atoms with Gasteiger partial charge >= 0.3 is 6.18 Å². The number of sulfonamides is 1. The maximum Gasteiger partial charge on any atom is 0.417 e. The summed E-state index contributed by atoms with van der Waals surface area (Å²) in [5.41, 5.74) is 0.977. The minimum atomic E-state index is -4.85. The Kier molecular flexibility index (Phi) is 8.32. The van der Waals surface area contributed by atoms with Crippen LogP contribution in [0.15, 0.2) is 76.7 Å². The van der Waals surface area contributed by atoms with Gasteiger partial charge in [0.15, 0.2) is 0 Å². The predicted octanol–water partition coefficient (Wildman–Crippen LogP) is 6.01. The third-order valence-electron chi connectivity index (χ3n) is 4.51. The molecule has 1 N–H and O–H groups in total. The topological polar surface area (TPSA) is 78.8 Å². The molecular weight excluding hydrogens is 550 g/mol. The van der Waals surface area contributed by atoms with Gasteiger partial charge in [0, 0.05) is 0 Å². The van der Waals surface area contributed by atoms with Crippen LogP contribution >= 0.6 is 34.8 Å². The van der Waals surface area contributed by atoms with Gasteiger partial charge in [0.2, 0.25) is 0 Å². The van der Waals surface area contributed by atoms with E-state index in [0.717, 1.165) is 12.1 Å². The van der Waals surface area contributed by atoms with Gasteiger partial charge in [-0.1, -0.05) is 59.1 Å². The van der Waals surface area contributed by atoms with Gasteiger partial charge in [-0.15, -0.1) is 0 Å². The quantitative estimate of drug-likeness (QED) is 0.282. The number of hydrogen-bond donors (Lipinski definition) is 1. The van der Waals surface area contributed by atoms with E-state index in [4.69, 9.17) is 34.8 Å². The lowest BCUT2D eigenvalue weighted by Gasteiger charge is -2.24. The highest BCUT2D eigenvalue weighted by Gasteiger charge is 2.35. The van der Waals surface area contributed by atoms with Crippen molar-refractivity contribution in [1.29, 1.82) is 0 Å². The molecule has 0 aromatic heterocycles. The molecule has 0 radical (unpaired) electrons. The average molecular weight is 565 g/mol. The fourth-order valence-corrected chi connectivity index (χ4v) is 4.82. The maximum absolute atomic E-state index is 13.4. The van der Waals surface area contributed by atoms with Gasteiger partial charge in [-0.05, 0) is 48.0 Å². The smallest absolute Gasteiger partial charge is 0.271 e. The summed E-state index contributed by atoms with van der Waals surface area (Å²) in [4.78, 5) is 12.3. The van der Waals surface area contributed by atoms with Crippen LogP contribution in [0.2, 0.25) is 15.1 Å². The molecule has 0 saturated heterocycles. The molecule has 3 rings (SSSR count). The third-order valence-corrected chi connectivity index (χ3v) is 7.36. The fraction of sp³-hybridized carbons (Fsp3) is 0.0909. The Labute approximate surface area is 214 Å². The maximum atomic E-state index is 13.4. The van der Waals surface area contributed by atoms with Gasteiger partial charge in [-0.25, -0.2) is 13.8 Å². The minimum Gasteiger partial charge on any atom is -0.271 e. The Morgan fingerprint density at radius 1 is 0.943 bits per heavy atom. The summed E-state index contributed by atoms with van der Waals surface area (Å²) in [6.45, 7) is -0.866. The molecule has 0 spiro atoms. The zero-order chi connectivity index (χ0) is 25.8. The number of anilines is 1. The Morgan fingerprint density at radius 3 is 2.23 bits per heavy atom. The van der Waals surface area contributed by atoms with Crippen molar-refractivity contribution in [2.45, 2.75) is 11.1 Å². The number of carbonyl (C=O) groups excluding carboxylic acids is 1. The van der Waals surface area contributed by atoms with E-state index < -0.39 is 44.9 Å². The number of alkyl halides is 3. The van der Waals surface area contributed by atoms with Gasteiger partial charge in [0.05, 0.1) is 37.4 Å². The number of rotatable bonds is 7. The van der Waals surface area contributed by atoms with E-state index in [1.807, 2.05) is 0 Å². The third kappa shape index (κ3) is 6.66. The average Bonchev–Trinajstić information content (AvgIpc) is 2.80. The first-order chi connectivity index (χ1) is 16.4. The molecule has 0 aliphatic carbocycles. The Bertz CT molecular complexity index is 1370. The van der Waals surface area contributed by atoms with Crippen molar-refractivity contribution >= 4 is 62.6 Å². The van der Waals surface area contributed by atoms with E-state index in [1.165, 1.54) is 42.6 Å². The number of carbonyl (C=O) groups is 1. The first-order valence-electron chi connectivity index (χ1n) is 9.61. The number of nitrogens with zero attached hydrogens (tertiary/aromatic N) is 2. The van der Waals surface area contributed by atoms with E-state index in [2.05, 4.69) is 10.5 Å². The lowest BCUT2D eigenvalue weighted by Crippen LogP contribution is -2.39. The summed E-state index contributed by atoms with van der Waals surface area (Å²) in [7, 11) is -4.43. The first kappa shape index (κ1) is 26.8. The summed E-state index contributed by atoms with van der Waals surface area (Å²) < 4.78 is 67.2. The van der Waals surface area contributed by atoms with Crippen molar-refractivity contribution in [3.63, 3.8) is 0 Å². The van der Waals surface area contributed by atoms with Crippen LogP contribution < -0.4 is 9.73 Å². The molecule has 3 aromatic carbocycles. The van der Waals surface area contributed by atoms with Gasteiger partial charge in [-0.3, -0.25) is 9.10 Å². The molecule has 1 amide bonds. The van der Waals surface area contributed by atoms with Gasteiger partial charge < -0.3 is 0 Å². The van der Waals surface area contributed by atoms with Gasteiger partial charge in [0.1, 0.15) is 6.54 Å². The highest BCUT2D eigenvalue weighted by molar-refractivity contribution is 7.92. The van der Waals surface area contributed by atoms with Crippen molar-refractivity contribution in [2.24, 2.45) is 5.10 Å². The van der Waals surface area contributed by atoms with E-state index >= 15 is 0 Å². The summed E-state index contributed by atoms with van der Waals surface area (Å²) in [6.07, 6.45) is -3.61. The number of hydrogen-bond acceptors (Lipinski definition) is 4. The number of benzene rings is 3. The fourth-order valence-electron chi connectivity index (χ4n) is 2.86. The van der Waals surface area contributed by atoms with Crippen molar-refractivity contribution in [1.82, 2.24) is 5.43 Å². The molecule has 0 bridgehead atoms. The Hall–Kier alpha value is -2.79. The van der Waals surface area contributed by atoms with Crippen LogP contribution in [0.1, 0.15) is 11.1 Å². The lowest BCUT2D eigenvalue weighted by atomic mass is 10.2. The number of hydrazone groups is 1. The van der Waals surface area contributed by atoms with Crippen LogP contribution in [0.25, 0.3) is 0 Å². The number of nitrogens with one attached hydrogen (secondary N) is 1. The van der Waals surface area contributed by atoms with Crippen molar-refractivity contribution < 1.29 is 26.4 Å². The lowest BCUT2D eigenvalue weighted by molar-refractivity contribution is -0.137. The summed E-state index contributed by atoms with van der Waals surface area (Å²) in [5.74, 6) is -0.913. The number of halogens is 6. The molecule has 0 fully saturated rings. The SMILES string of the molecule is O=C(CN(c1ccc(Cl)c(C(F)(F)F)c1)S(=O)(=O)c1ccccc1)N/N=C\c1ccc(Cl)c(Cl)c1. The standard InChI is InChI=1S/C22H15Cl3F3N3O3S/c23-18-9-7-15(11-17(18)22(26,27)28)31(35(33,34)16-4-2-1-3-5-16)13-21(32)30-29-12-14-6-8-19(24)20(25)10-14/h1-12H,13H2,(H,30,32)/b29-12-. The zero-order valence-electron chi connectivity index (χ0n) is 17.4. The molecule has 6 nitrogen and oxygen atoms in total. The molecule has 3 aromatic rings.